The van der Waals surface area contributed by atoms with Crippen molar-refractivity contribution in [1.29, 1.82) is 0 Å². The third-order valence-electron chi connectivity index (χ3n) is 6.81. The molecular weight excluding hydrogens is 686 g/mol. The smallest absolute Gasteiger partial charge is 0.419 e. The van der Waals surface area contributed by atoms with E-state index >= 15 is 0 Å². The molecule has 0 spiro atoms. The Morgan fingerprint density at radius 2 is 0.979 bits per heavy atom. The van der Waals surface area contributed by atoms with Crippen LogP contribution in [0.15, 0.2) is 83.6 Å². The second kappa shape index (κ2) is 16.3. The number of hydrogen-bond donors (Lipinski definition) is 2. The maximum Gasteiger partial charge on any atom is 0.419 e. The van der Waals surface area contributed by atoms with Gasteiger partial charge in [0, 0.05) is 22.6 Å². The molecule has 4 aromatic rings. The first-order valence-electron chi connectivity index (χ1n) is 14.3. The number of halogens is 6. The van der Waals surface area contributed by atoms with Crippen LogP contribution in [0.3, 0.4) is 0 Å². The van der Waals surface area contributed by atoms with E-state index in [4.69, 9.17) is 18.9 Å². The second-order valence-corrected chi connectivity index (χ2v) is 12.1. The van der Waals surface area contributed by atoms with E-state index in [9.17, 15) is 35.9 Å². The zero-order chi connectivity index (χ0) is 34.9. The minimum Gasteiger partial charge on any atom is -0.485 e. The first kappa shape index (κ1) is 36.7. The van der Waals surface area contributed by atoms with Crippen LogP contribution in [0.25, 0.3) is 0 Å². The molecule has 2 heterocycles. The van der Waals surface area contributed by atoms with Gasteiger partial charge in [0.1, 0.15) is 23.7 Å². The lowest BCUT2D eigenvalue weighted by molar-refractivity contribution is -0.177. The summed E-state index contributed by atoms with van der Waals surface area (Å²) in [6.07, 6.45) is -12.7. The summed E-state index contributed by atoms with van der Waals surface area (Å²) in [7, 11) is 2.96. The lowest BCUT2D eigenvalue weighted by Crippen LogP contribution is -2.39. The first-order valence-corrected chi connectivity index (χ1v) is 16.0. The highest BCUT2D eigenvalue weighted by Crippen LogP contribution is 2.35. The normalized spacial score (nSPS) is 14.4. The van der Waals surface area contributed by atoms with E-state index in [0.29, 0.717) is 9.75 Å². The highest BCUT2D eigenvalue weighted by Gasteiger charge is 2.33. The average Bonchev–Trinajstić information content (AvgIpc) is 3.78. The van der Waals surface area contributed by atoms with Crippen LogP contribution in [0, 0.1) is 0 Å². The molecule has 0 bridgehead atoms. The van der Waals surface area contributed by atoms with Gasteiger partial charge in [-0.1, -0.05) is 12.1 Å². The molecule has 4 unspecified atom stereocenters. The summed E-state index contributed by atoms with van der Waals surface area (Å²) >= 11 is 2.64. The van der Waals surface area contributed by atoms with Gasteiger partial charge in [-0.3, -0.25) is 10.6 Å². The molecule has 4 atom stereocenters. The Bertz CT molecular complexity index is 1460. The van der Waals surface area contributed by atoms with Gasteiger partial charge in [-0.2, -0.15) is 26.3 Å². The maximum atomic E-state index is 13.0. The van der Waals surface area contributed by atoms with Gasteiger partial charge in [-0.15, -0.1) is 22.7 Å². The average molecular weight is 717 g/mol. The molecular formula is C32H30F6N2O6S2. The van der Waals surface area contributed by atoms with Gasteiger partial charge < -0.3 is 18.9 Å². The van der Waals surface area contributed by atoms with Crippen molar-refractivity contribution in [3.63, 3.8) is 0 Å². The van der Waals surface area contributed by atoms with Crippen molar-refractivity contribution in [3.05, 3.63) is 104 Å². The number of ether oxygens (including phenoxy) is 4. The molecule has 0 saturated carbocycles. The van der Waals surface area contributed by atoms with Gasteiger partial charge in [0.15, 0.2) is 12.5 Å². The number of esters is 2. The standard InChI is InChI=1S/C32H30F6N2O6S2/c1-39-27(17-23(25-5-3-15-47-25)43-21-11-7-19(8-12-21)31(33,34)35)45-29(41)30(42)46-28(40-2)18-24(26-6-4-16-48-26)44-22-13-9-20(10-14-22)32(36,37)38/h3-16,23-24,27-28,39-40H,17-18H2,1-2H3. The third kappa shape index (κ3) is 10.4. The lowest BCUT2D eigenvalue weighted by Gasteiger charge is -2.25. The van der Waals surface area contributed by atoms with Gasteiger partial charge in [0.25, 0.3) is 0 Å². The fourth-order valence-corrected chi connectivity index (χ4v) is 5.90. The Balaban J connectivity index is 1.39. The summed E-state index contributed by atoms with van der Waals surface area (Å²) in [5.41, 5.74) is -1.67. The summed E-state index contributed by atoms with van der Waals surface area (Å²) in [5, 5.41) is 9.10. The van der Waals surface area contributed by atoms with Gasteiger partial charge in [0.05, 0.1) is 11.1 Å². The zero-order valence-corrected chi connectivity index (χ0v) is 27.0. The van der Waals surface area contributed by atoms with Crippen LogP contribution in [-0.2, 0) is 31.4 Å². The molecule has 0 aliphatic heterocycles. The SMILES string of the molecule is CNC(CC(Oc1ccc(C(F)(F)F)cc1)c1cccs1)OC(=O)C(=O)OC(CC(Oc1ccc(C(F)(F)F)cc1)c1cccs1)NC. The van der Waals surface area contributed by atoms with E-state index in [2.05, 4.69) is 10.6 Å². The van der Waals surface area contributed by atoms with E-state index in [1.807, 2.05) is 0 Å². The van der Waals surface area contributed by atoms with Crippen LogP contribution < -0.4 is 20.1 Å². The minimum atomic E-state index is -4.51. The number of alkyl halides is 6. The van der Waals surface area contributed by atoms with Crippen LogP contribution in [0.5, 0.6) is 11.5 Å². The molecule has 0 fully saturated rings. The maximum absolute atomic E-state index is 13.0. The molecule has 258 valence electrons. The van der Waals surface area contributed by atoms with Crippen LogP contribution in [0.2, 0.25) is 0 Å². The fraction of sp³-hybridized carbons (Fsp3) is 0.312. The molecule has 0 aliphatic carbocycles. The zero-order valence-electron chi connectivity index (χ0n) is 25.3. The van der Waals surface area contributed by atoms with Gasteiger partial charge >= 0.3 is 24.3 Å². The summed E-state index contributed by atoms with van der Waals surface area (Å²) in [6.45, 7) is 0. The molecule has 8 nitrogen and oxygen atoms in total. The van der Waals surface area contributed by atoms with E-state index < -0.39 is 60.1 Å². The molecule has 4 rings (SSSR count). The highest BCUT2D eigenvalue weighted by molar-refractivity contribution is 7.10. The molecule has 0 radical (unpaired) electrons. The van der Waals surface area contributed by atoms with Crippen molar-refractivity contribution in [1.82, 2.24) is 10.6 Å². The number of carbonyl (C=O) groups is 2. The molecule has 0 amide bonds. The number of rotatable bonds is 14. The predicted octanol–water partition coefficient (Wildman–Crippen LogP) is 7.75. The topological polar surface area (TPSA) is 95.1 Å². The second-order valence-electron chi connectivity index (χ2n) is 10.1. The summed E-state index contributed by atoms with van der Waals surface area (Å²) < 4.78 is 101. The van der Waals surface area contributed by atoms with Crippen molar-refractivity contribution < 1.29 is 54.9 Å². The number of carbonyl (C=O) groups excluding carboxylic acids is 2. The fourth-order valence-electron chi connectivity index (χ4n) is 4.36. The Morgan fingerprint density at radius 1 is 0.625 bits per heavy atom. The Hall–Kier alpha value is -4.12. The Morgan fingerprint density at radius 3 is 1.25 bits per heavy atom. The van der Waals surface area contributed by atoms with Crippen LogP contribution in [0.1, 0.15) is 45.9 Å². The monoisotopic (exact) mass is 716 g/mol. The van der Waals surface area contributed by atoms with E-state index in [1.54, 1.807) is 35.0 Å². The quantitative estimate of drug-likeness (QED) is 0.0593. The van der Waals surface area contributed by atoms with Gasteiger partial charge in [-0.05, 0) is 85.5 Å². The van der Waals surface area contributed by atoms with E-state index in [-0.39, 0.29) is 24.3 Å². The molecule has 2 aromatic carbocycles. The van der Waals surface area contributed by atoms with Crippen LogP contribution in [0.4, 0.5) is 26.3 Å². The Labute approximate surface area is 279 Å². The van der Waals surface area contributed by atoms with E-state index in [0.717, 1.165) is 24.3 Å². The molecule has 0 saturated heterocycles. The van der Waals surface area contributed by atoms with E-state index in [1.165, 1.54) is 61.0 Å². The van der Waals surface area contributed by atoms with Crippen LogP contribution in [-0.4, -0.2) is 38.5 Å². The molecule has 2 aromatic heterocycles. The number of hydrogen-bond acceptors (Lipinski definition) is 10. The number of benzene rings is 2. The Kier molecular flexibility index (Phi) is 12.5. The molecule has 2 N–H and O–H groups in total. The number of thiophene rings is 2. The van der Waals surface area contributed by atoms with Crippen molar-refractivity contribution >= 4 is 34.6 Å². The van der Waals surface area contributed by atoms with Crippen LogP contribution >= 0.6 is 22.7 Å². The van der Waals surface area contributed by atoms with Crippen molar-refractivity contribution in [3.8, 4) is 11.5 Å². The largest absolute Gasteiger partial charge is 0.485 e. The molecule has 16 heteroatoms. The third-order valence-corrected chi connectivity index (χ3v) is 8.74. The lowest BCUT2D eigenvalue weighted by atomic mass is 10.1. The van der Waals surface area contributed by atoms with Crippen molar-refractivity contribution in [2.75, 3.05) is 14.1 Å². The van der Waals surface area contributed by atoms with Crippen molar-refractivity contribution in [2.45, 2.75) is 49.9 Å². The summed E-state index contributed by atoms with van der Waals surface area (Å²) in [4.78, 5) is 27.0. The molecule has 0 aliphatic rings. The first-order chi connectivity index (χ1) is 22.8. The van der Waals surface area contributed by atoms with Gasteiger partial charge in [0.2, 0.25) is 0 Å². The summed E-state index contributed by atoms with van der Waals surface area (Å²) in [5.74, 6) is -2.36. The number of nitrogens with one attached hydrogen (secondary N) is 2. The molecule has 48 heavy (non-hydrogen) atoms. The van der Waals surface area contributed by atoms with Crippen molar-refractivity contribution in [2.24, 2.45) is 0 Å². The highest BCUT2D eigenvalue weighted by atomic mass is 32.1. The summed E-state index contributed by atoms with van der Waals surface area (Å²) in [6, 6.07) is 15.3. The van der Waals surface area contributed by atoms with Gasteiger partial charge in [-0.25, -0.2) is 9.59 Å². The minimum absolute atomic E-state index is 0.0199. The predicted molar refractivity (Wildman–Crippen MR) is 165 cm³/mol.